The topological polar surface area (TPSA) is 65.1 Å². The van der Waals surface area contributed by atoms with Gasteiger partial charge in [-0.05, 0) is 31.0 Å². The highest BCUT2D eigenvalue weighted by Crippen LogP contribution is 2.21. The van der Waals surface area contributed by atoms with Crippen LogP contribution in [0, 0.1) is 0 Å². The van der Waals surface area contributed by atoms with E-state index in [9.17, 15) is 8.42 Å². The summed E-state index contributed by atoms with van der Waals surface area (Å²) >= 11 is 0. The third kappa shape index (κ3) is 3.58. The number of rotatable bonds is 6. The second-order valence-electron chi connectivity index (χ2n) is 4.89. The van der Waals surface area contributed by atoms with Crippen molar-refractivity contribution in [1.82, 2.24) is 4.57 Å². The predicted molar refractivity (Wildman–Crippen MR) is 79.0 cm³/mol. The maximum atomic E-state index is 11.2. The molecule has 0 aliphatic carbocycles. The molecule has 0 amide bonds. The molecule has 0 saturated carbocycles. The number of hydrogen-bond acceptors (Lipinski definition) is 3. The van der Waals surface area contributed by atoms with E-state index in [2.05, 4.69) is 22.9 Å². The van der Waals surface area contributed by atoms with Crippen molar-refractivity contribution in [3.8, 4) is 0 Å². The Kier molecular flexibility index (Phi) is 4.27. The maximum Gasteiger partial charge on any atom is 0.147 e. The average molecular weight is 280 g/mol. The minimum absolute atomic E-state index is 0.228. The smallest absolute Gasteiger partial charge is 0.147 e. The van der Waals surface area contributed by atoms with Gasteiger partial charge in [0.2, 0.25) is 0 Å². The van der Waals surface area contributed by atoms with Gasteiger partial charge in [0, 0.05) is 29.9 Å². The molecule has 0 aliphatic heterocycles. The van der Waals surface area contributed by atoms with Crippen LogP contribution < -0.4 is 5.73 Å². The monoisotopic (exact) mass is 280 g/mol. The maximum absolute atomic E-state index is 11.2. The second-order valence-corrected chi connectivity index (χ2v) is 7.15. The molecular formula is C14H20N2O2S. The number of aromatic nitrogens is 1. The Labute approximate surface area is 114 Å². The van der Waals surface area contributed by atoms with Gasteiger partial charge in [-0.15, -0.1) is 0 Å². The van der Waals surface area contributed by atoms with Crippen LogP contribution in [-0.2, 0) is 22.8 Å². The number of fused-ring (bicyclic) bond motifs is 1. The molecule has 0 unspecified atom stereocenters. The first-order valence-corrected chi connectivity index (χ1v) is 8.52. The highest BCUT2D eigenvalue weighted by Gasteiger charge is 2.08. The van der Waals surface area contributed by atoms with Crippen LogP contribution in [0.4, 0.5) is 0 Å². The van der Waals surface area contributed by atoms with Crippen LogP contribution >= 0.6 is 0 Å². The molecule has 1 aromatic heterocycles. The average Bonchev–Trinajstić information content (AvgIpc) is 2.68. The third-order valence-corrected chi connectivity index (χ3v) is 4.23. The van der Waals surface area contributed by atoms with E-state index in [0.717, 1.165) is 18.5 Å². The summed E-state index contributed by atoms with van der Waals surface area (Å²) in [5.41, 5.74) is 8.02. The molecule has 2 rings (SSSR count). The third-order valence-electron chi connectivity index (χ3n) is 3.20. The molecule has 0 aliphatic rings. The van der Waals surface area contributed by atoms with E-state index < -0.39 is 9.84 Å². The minimum Gasteiger partial charge on any atom is -0.347 e. The van der Waals surface area contributed by atoms with E-state index in [0.29, 0.717) is 13.0 Å². The van der Waals surface area contributed by atoms with Gasteiger partial charge in [-0.1, -0.05) is 18.2 Å². The molecule has 0 spiro atoms. The molecule has 0 fully saturated rings. The summed E-state index contributed by atoms with van der Waals surface area (Å²) in [6.45, 7) is 1.34. The highest BCUT2D eigenvalue weighted by atomic mass is 32.2. The molecule has 4 nitrogen and oxygen atoms in total. The molecule has 2 N–H and O–H groups in total. The number of aryl methyl sites for hydroxylation is 1. The van der Waals surface area contributed by atoms with Gasteiger partial charge in [-0.3, -0.25) is 0 Å². The standard InChI is InChI=1S/C14H20N2O2S/c1-19(17,18)10-4-9-16-11-12(7-8-15)13-5-2-3-6-14(13)16/h2-3,5-6,11H,4,7-10,15H2,1H3. The number of para-hydroxylation sites is 1. The molecule has 0 bridgehead atoms. The minimum atomic E-state index is -2.88. The van der Waals surface area contributed by atoms with E-state index in [1.807, 2.05) is 12.1 Å². The first kappa shape index (κ1) is 14.1. The molecule has 104 valence electrons. The van der Waals surface area contributed by atoms with E-state index in [1.54, 1.807) is 0 Å². The highest BCUT2D eigenvalue weighted by molar-refractivity contribution is 7.90. The van der Waals surface area contributed by atoms with Crippen LogP contribution in [0.15, 0.2) is 30.5 Å². The van der Waals surface area contributed by atoms with Crippen molar-refractivity contribution in [3.05, 3.63) is 36.0 Å². The molecule has 19 heavy (non-hydrogen) atoms. The fourth-order valence-corrected chi connectivity index (χ4v) is 3.01. The van der Waals surface area contributed by atoms with Crippen LogP contribution in [0.3, 0.4) is 0 Å². The van der Waals surface area contributed by atoms with Crippen LogP contribution in [-0.4, -0.2) is 31.5 Å². The zero-order chi connectivity index (χ0) is 13.9. The van der Waals surface area contributed by atoms with Crippen molar-refractivity contribution in [2.45, 2.75) is 19.4 Å². The van der Waals surface area contributed by atoms with Crippen LogP contribution in [0.1, 0.15) is 12.0 Å². The van der Waals surface area contributed by atoms with Crippen molar-refractivity contribution in [2.75, 3.05) is 18.6 Å². The van der Waals surface area contributed by atoms with Crippen molar-refractivity contribution in [3.63, 3.8) is 0 Å². The second kappa shape index (κ2) is 5.75. The molecular weight excluding hydrogens is 260 g/mol. The van der Waals surface area contributed by atoms with E-state index in [-0.39, 0.29) is 5.75 Å². The van der Waals surface area contributed by atoms with Crippen molar-refractivity contribution >= 4 is 20.7 Å². The molecule has 5 heteroatoms. The zero-order valence-corrected chi connectivity index (χ0v) is 12.0. The van der Waals surface area contributed by atoms with Gasteiger partial charge in [-0.2, -0.15) is 0 Å². The van der Waals surface area contributed by atoms with Crippen molar-refractivity contribution in [2.24, 2.45) is 5.73 Å². The Balaban J connectivity index is 2.23. The Morgan fingerprint density at radius 2 is 2.00 bits per heavy atom. The number of sulfone groups is 1. The van der Waals surface area contributed by atoms with Gasteiger partial charge in [0.05, 0.1) is 5.75 Å². The lowest BCUT2D eigenvalue weighted by molar-refractivity contribution is 0.593. The van der Waals surface area contributed by atoms with Gasteiger partial charge >= 0.3 is 0 Å². The SMILES string of the molecule is CS(=O)(=O)CCCn1cc(CCN)c2ccccc21. The van der Waals surface area contributed by atoms with Gasteiger partial charge in [0.25, 0.3) is 0 Å². The number of nitrogens with two attached hydrogens (primary N) is 1. The number of hydrogen-bond donors (Lipinski definition) is 1. The van der Waals surface area contributed by atoms with Gasteiger partial charge in [0.15, 0.2) is 0 Å². The number of benzene rings is 1. The van der Waals surface area contributed by atoms with Gasteiger partial charge in [-0.25, -0.2) is 8.42 Å². The summed E-state index contributed by atoms with van der Waals surface area (Å²) in [5, 5.41) is 1.22. The Morgan fingerprint density at radius 1 is 1.26 bits per heavy atom. The summed E-state index contributed by atoms with van der Waals surface area (Å²) in [4.78, 5) is 0. The molecule has 2 aromatic rings. The lowest BCUT2D eigenvalue weighted by atomic mass is 10.1. The fourth-order valence-electron chi connectivity index (χ4n) is 2.36. The first-order chi connectivity index (χ1) is 9.01. The van der Waals surface area contributed by atoms with E-state index in [4.69, 9.17) is 5.73 Å². The lowest BCUT2D eigenvalue weighted by Crippen LogP contribution is -2.07. The Morgan fingerprint density at radius 3 is 2.68 bits per heavy atom. The molecule has 0 saturated heterocycles. The van der Waals surface area contributed by atoms with Gasteiger partial charge < -0.3 is 10.3 Å². The summed E-state index contributed by atoms with van der Waals surface area (Å²) in [6, 6.07) is 8.17. The molecule has 1 heterocycles. The van der Waals surface area contributed by atoms with Gasteiger partial charge in [0.1, 0.15) is 9.84 Å². The molecule has 0 atom stereocenters. The quantitative estimate of drug-likeness (QED) is 0.873. The predicted octanol–water partition coefficient (Wildman–Crippen LogP) is 1.58. The summed E-state index contributed by atoms with van der Waals surface area (Å²) in [5.74, 6) is 0.228. The lowest BCUT2D eigenvalue weighted by Gasteiger charge is -2.04. The number of nitrogens with zero attached hydrogens (tertiary/aromatic N) is 1. The van der Waals surface area contributed by atoms with Crippen molar-refractivity contribution < 1.29 is 8.42 Å². The van der Waals surface area contributed by atoms with Crippen LogP contribution in [0.2, 0.25) is 0 Å². The van der Waals surface area contributed by atoms with Crippen LogP contribution in [0.25, 0.3) is 10.9 Å². The van der Waals surface area contributed by atoms with Crippen molar-refractivity contribution in [1.29, 1.82) is 0 Å². The van der Waals surface area contributed by atoms with E-state index in [1.165, 1.54) is 17.2 Å². The zero-order valence-electron chi connectivity index (χ0n) is 11.2. The summed E-state index contributed by atoms with van der Waals surface area (Å²) in [6.07, 6.45) is 4.86. The van der Waals surface area contributed by atoms with Crippen LogP contribution in [0.5, 0.6) is 0 Å². The molecule has 1 aromatic carbocycles. The Bertz CT molecular complexity index is 659. The van der Waals surface area contributed by atoms with E-state index >= 15 is 0 Å². The summed E-state index contributed by atoms with van der Waals surface area (Å²) < 4.78 is 24.5. The first-order valence-electron chi connectivity index (χ1n) is 6.46. The Hall–Kier alpha value is -1.33. The normalized spacial score (nSPS) is 12.1. The molecule has 0 radical (unpaired) electrons. The fraction of sp³-hybridized carbons (Fsp3) is 0.429. The largest absolute Gasteiger partial charge is 0.347 e. The summed E-state index contributed by atoms with van der Waals surface area (Å²) in [7, 11) is -2.88.